The zero-order chi connectivity index (χ0) is 12.3. The molecule has 2 nitrogen and oxygen atoms in total. The molecule has 0 aliphatic carbocycles. The number of ether oxygens (including phenoxy) is 1. The molecule has 0 spiro atoms. The predicted molar refractivity (Wildman–Crippen MR) is 71.6 cm³/mol. The average Bonchev–Trinajstić information content (AvgIpc) is 2.34. The minimum absolute atomic E-state index is 0.0841. The fraction of sp³-hybridized carbons (Fsp3) is 0.0769. The maximum atomic E-state index is 9.26. The van der Waals surface area contributed by atoms with Gasteiger partial charge >= 0.3 is 0 Å². The molecule has 0 heterocycles. The van der Waals surface area contributed by atoms with Crippen LogP contribution in [0, 0.1) is 0 Å². The Morgan fingerprint density at radius 1 is 1.12 bits per heavy atom. The SMILES string of the molecule is OCc1cc(Br)ccc1Oc1ccccc1Cl. The molecular weight excluding hydrogens is 303 g/mol. The van der Waals surface area contributed by atoms with Crippen LogP contribution in [0.25, 0.3) is 0 Å². The van der Waals surface area contributed by atoms with E-state index in [2.05, 4.69) is 15.9 Å². The van der Waals surface area contributed by atoms with Crippen molar-refractivity contribution in [2.24, 2.45) is 0 Å². The fourth-order valence-corrected chi connectivity index (χ4v) is 2.00. The van der Waals surface area contributed by atoms with Gasteiger partial charge in [-0.05, 0) is 30.3 Å². The van der Waals surface area contributed by atoms with Crippen molar-refractivity contribution in [2.45, 2.75) is 6.61 Å². The number of aliphatic hydroxyl groups excluding tert-OH is 1. The third kappa shape index (κ3) is 3.00. The Morgan fingerprint density at radius 3 is 2.59 bits per heavy atom. The first-order chi connectivity index (χ1) is 8.20. The minimum atomic E-state index is -0.0841. The molecule has 1 N–H and O–H groups in total. The van der Waals surface area contributed by atoms with E-state index in [9.17, 15) is 5.11 Å². The van der Waals surface area contributed by atoms with Crippen molar-refractivity contribution >= 4 is 27.5 Å². The topological polar surface area (TPSA) is 29.5 Å². The minimum Gasteiger partial charge on any atom is -0.455 e. The van der Waals surface area contributed by atoms with Gasteiger partial charge in [0.15, 0.2) is 0 Å². The van der Waals surface area contributed by atoms with E-state index in [-0.39, 0.29) is 6.61 Å². The Balaban J connectivity index is 2.33. The number of para-hydroxylation sites is 1. The lowest BCUT2D eigenvalue weighted by Gasteiger charge is -2.11. The third-order valence-electron chi connectivity index (χ3n) is 2.25. The molecule has 0 atom stereocenters. The summed E-state index contributed by atoms with van der Waals surface area (Å²) in [4.78, 5) is 0. The summed E-state index contributed by atoms with van der Waals surface area (Å²) in [7, 11) is 0. The number of halogens is 2. The lowest BCUT2D eigenvalue weighted by molar-refractivity contribution is 0.276. The largest absolute Gasteiger partial charge is 0.455 e. The van der Waals surface area contributed by atoms with Gasteiger partial charge in [0.05, 0.1) is 11.6 Å². The van der Waals surface area contributed by atoms with E-state index < -0.39 is 0 Å². The van der Waals surface area contributed by atoms with E-state index in [0.717, 1.165) is 4.47 Å². The molecule has 88 valence electrons. The highest BCUT2D eigenvalue weighted by Crippen LogP contribution is 2.32. The smallest absolute Gasteiger partial charge is 0.146 e. The van der Waals surface area contributed by atoms with Crippen LogP contribution in [0.5, 0.6) is 11.5 Å². The van der Waals surface area contributed by atoms with Crippen molar-refractivity contribution in [3.05, 3.63) is 57.5 Å². The molecule has 0 unspecified atom stereocenters. The summed E-state index contributed by atoms with van der Waals surface area (Å²) < 4.78 is 6.57. The molecule has 0 amide bonds. The van der Waals surface area contributed by atoms with Crippen LogP contribution >= 0.6 is 27.5 Å². The summed E-state index contributed by atoms with van der Waals surface area (Å²) in [5.74, 6) is 1.18. The lowest BCUT2D eigenvalue weighted by atomic mass is 10.2. The van der Waals surface area contributed by atoms with Crippen LogP contribution in [0.15, 0.2) is 46.9 Å². The Morgan fingerprint density at radius 2 is 1.88 bits per heavy atom. The maximum Gasteiger partial charge on any atom is 0.146 e. The summed E-state index contributed by atoms with van der Waals surface area (Å²) in [6, 6.07) is 12.7. The van der Waals surface area contributed by atoms with E-state index in [1.54, 1.807) is 18.2 Å². The summed E-state index contributed by atoms with van der Waals surface area (Å²) in [5.41, 5.74) is 0.708. The second-order valence-electron chi connectivity index (χ2n) is 3.44. The Bertz CT molecular complexity index is 529. The monoisotopic (exact) mass is 312 g/mol. The molecule has 2 aromatic rings. The van der Waals surface area contributed by atoms with E-state index in [4.69, 9.17) is 16.3 Å². The molecule has 17 heavy (non-hydrogen) atoms. The molecule has 0 fully saturated rings. The highest BCUT2D eigenvalue weighted by atomic mass is 79.9. The van der Waals surface area contributed by atoms with Gasteiger partial charge < -0.3 is 9.84 Å². The molecule has 0 aliphatic rings. The van der Waals surface area contributed by atoms with Gasteiger partial charge in [-0.1, -0.05) is 39.7 Å². The van der Waals surface area contributed by atoms with Gasteiger partial charge in [0, 0.05) is 10.0 Å². The molecule has 2 rings (SSSR count). The molecule has 0 aliphatic heterocycles. The molecule has 2 aromatic carbocycles. The van der Waals surface area contributed by atoms with Gasteiger partial charge in [0.2, 0.25) is 0 Å². The van der Waals surface area contributed by atoms with Crippen molar-refractivity contribution < 1.29 is 9.84 Å². The molecule has 0 bridgehead atoms. The van der Waals surface area contributed by atoms with Crippen molar-refractivity contribution in [1.29, 1.82) is 0 Å². The fourth-order valence-electron chi connectivity index (χ4n) is 1.42. The van der Waals surface area contributed by atoms with Crippen molar-refractivity contribution in [3.8, 4) is 11.5 Å². The Kier molecular flexibility index (Phi) is 4.05. The van der Waals surface area contributed by atoms with Crippen molar-refractivity contribution in [3.63, 3.8) is 0 Å². The van der Waals surface area contributed by atoms with Crippen LogP contribution in [-0.2, 0) is 6.61 Å². The van der Waals surface area contributed by atoms with Crippen LogP contribution in [-0.4, -0.2) is 5.11 Å². The molecule has 4 heteroatoms. The average molecular weight is 314 g/mol. The van der Waals surface area contributed by atoms with E-state index in [1.165, 1.54) is 0 Å². The van der Waals surface area contributed by atoms with E-state index in [0.29, 0.717) is 22.1 Å². The number of hydrogen-bond acceptors (Lipinski definition) is 2. The summed E-state index contributed by atoms with van der Waals surface area (Å²) >= 11 is 9.35. The first-order valence-corrected chi connectivity index (χ1v) is 6.19. The number of hydrogen-bond donors (Lipinski definition) is 1. The van der Waals surface area contributed by atoms with Crippen LogP contribution in [0.2, 0.25) is 5.02 Å². The number of aliphatic hydroxyl groups is 1. The summed E-state index contributed by atoms with van der Waals surface area (Å²) in [6.45, 7) is -0.0841. The third-order valence-corrected chi connectivity index (χ3v) is 3.05. The highest BCUT2D eigenvalue weighted by Gasteiger charge is 2.07. The van der Waals surface area contributed by atoms with Gasteiger partial charge in [-0.2, -0.15) is 0 Å². The predicted octanol–water partition coefficient (Wildman–Crippen LogP) is 4.39. The standard InChI is InChI=1S/C13H10BrClO2/c14-10-5-6-12(9(7-10)8-16)17-13-4-2-1-3-11(13)15/h1-7,16H,8H2. The van der Waals surface area contributed by atoms with Gasteiger partial charge in [0.25, 0.3) is 0 Å². The number of benzene rings is 2. The molecule has 0 aromatic heterocycles. The van der Waals surface area contributed by atoms with Crippen LogP contribution in [0.4, 0.5) is 0 Å². The normalized spacial score (nSPS) is 10.3. The maximum absolute atomic E-state index is 9.26. The summed E-state index contributed by atoms with van der Waals surface area (Å²) in [6.07, 6.45) is 0. The second kappa shape index (κ2) is 5.54. The molecule has 0 saturated carbocycles. The van der Waals surface area contributed by atoms with Crippen LogP contribution in [0.1, 0.15) is 5.56 Å². The first-order valence-electron chi connectivity index (χ1n) is 5.02. The molecular formula is C13H10BrClO2. The number of rotatable bonds is 3. The van der Waals surface area contributed by atoms with Crippen LogP contribution < -0.4 is 4.74 Å². The van der Waals surface area contributed by atoms with E-state index >= 15 is 0 Å². The lowest BCUT2D eigenvalue weighted by Crippen LogP contribution is -1.92. The van der Waals surface area contributed by atoms with Crippen molar-refractivity contribution in [2.75, 3.05) is 0 Å². The highest BCUT2D eigenvalue weighted by molar-refractivity contribution is 9.10. The van der Waals surface area contributed by atoms with Crippen molar-refractivity contribution in [1.82, 2.24) is 0 Å². The van der Waals surface area contributed by atoms with Gasteiger partial charge in [-0.15, -0.1) is 0 Å². The van der Waals surface area contributed by atoms with Gasteiger partial charge in [-0.25, -0.2) is 0 Å². The van der Waals surface area contributed by atoms with Gasteiger partial charge in [0.1, 0.15) is 11.5 Å². The van der Waals surface area contributed by atoms with Gasteiger partial charge in [-0.3, -0.25) is 0 Å². The quantitative estimate of drug-likeness (QED) is 0.911. The Hall–Kier alpha value is -1.03. The molecule has 0 radical (unpaired) electrons. The zero-order valence-corrected chi connectivity index (χ0v) is 11.2. The Labute approximate surface area is 113 Å². The summed E-state index contributed by atoms with van der Waals surface area (Å²) in [5, 5.41) is 9.80. The molecule has 0 saturated heterocycles. The van der Waals surface area contributed by atoms with Crippen LogP contribution in [0.3, 0.4) is 0 Å². The zero-order valence-electron chi connectivity index (χ0n) is 8.86. The second-order valence-corrected chi connectivity index (χ2v) is 4.77. The van der Waals surface area contributed by atoms with E-state index in [1.807, 2.05) is 24.3 Å². The first kappa shape index (κ1) is 12.4.